The van der Waals surface area contributed by atoms with Crippen LogP contribution in [0, 0.1) is 0 Å². The third-order valence-electron chi connectivity index (χ3n) is 5.17. The summed E-state index contributed by atoms with van der Waals surface area (Å²) < 4.78 is 11.0. The third kappa shape index (κ3) is 3.22. The van der Waals surface area contributed by atoms with Crippen molar-refractivity contribution < 1.29 is 9.47 Å². The minimum absolute atomic E-state index is 0.487. The van der Waals surface area contributed by atoms with Crippen molar-refractivity contribution in [2.45, 2.75) is 18.9 Å². The van der Waals surface area contributed by atoms with Crippen molar-refractivity contribution in [1.82, 2.24) is 9.88 Å². The van der Waals surface area contributed by atoms with E-state index >= 15 is 0 Å². The van der Waals surface area contributed by atoms with Crippen LogP contribution in [0.25, 0.3) is 10.9 Å². The number of aromatic amines is 1. The van der Waals surface area contributed by atoms with E-state index in [0.717, 1.165) is 37.6 Å². The summed E-state index contributed by atoms with van der Waals surface area (Å²) in [5.41, 5.74) is 3.82. The van der Waals surface area contributed by atoms with E-state index in [1.165, 1.54) is 22.0 Å². The van der Waals surface area contributed by atoms with Crippen LogP contribution < -0.4 is 9.47 Å². The fraction of sp³-hybridized carbons (Fsp3) is 0.333. The monoisotopic (exact) mass is 336 g/mol. The fourth-order valence-corrected chi connectivity index (χ4v) is 3.85. The Morgan fingerprint density at radius 1 is 1.08 bits per heavy atom. The van der Waals surface area contributed by atoms with E-state index < -0.39 is 0 Å². The number of H-pyrrole nitrogens is 1. The Bertz CT molecular complexity index is 871. The topological polar surface area (TPSA) is 37.5 Å². The van der Waals surface area contributed by atoms with E-state index in [4.69, 9.17) is 9.47 Å². The second-order valence-electron chi connectivity index (χ2n) is 6.73. The van der Waals surface area contributed by atoms with Gasteiger partial charge in [-0.15, -0.1) is 0 Å². The lowest BCUT2D eigenvalue weighted by atomic mass is 9.97. The molecule has 1 aliphatic heterocycles. The summed E-state index contributed by atoms with van der Waals surface area (Å²) in [6, 6.07) is 14.9. The van der Waals surface area contributed by atoms with Gasteiger partial charge in [0.25, 0.3) is 0 Å². The van der Waals surface area contributed by atoms with Crippen molar-refractivity contribution in [3.05, 3.63) is 59.8 Å². The van der Waals surface area contributed by atoms with Crippen LogP contribution in [0.5, 0.6) is 11.5 Å². The summed E-state index contributed by atoms with van der Waals surface area (Å²) >= 11 is 0. The molecule has 0 spiro atoms. The van der Waals surface area contributed by atoms with E-state index in [1.54, 1.807) is 14.2 Å². The molecule has 0 bridgehead atoms. The molecule has 1 atom stereocenters. The number of nitrogens with one attached hydrogen (secondary N) is 1. The highest BCUT2D eigenvalue weighted by Gasteiger charge is 2.26. The van der Waals surface area contributed by atoms with Crippen molar-refractivity contribution >= 4 is 10.9 Å². The quantitative estimate of drug-likeness (QED) is 0.760. The van der Waals surface area contributed by atoms with Crippen molar-refractivity contribution in [3.63, 3.8) is 0 Å². The summed E-state index contributed by atoms with van der Waals surface area (Å²) in [5.74, 6) is 2.34. The highest BCUT2D eigenvalue weighted by Crippen LogP contribution is 2.36. The van der Waals surface area contributed by atoms with Crippen LogP contribution in [0.4, 0.5) is 0 Å². The van der Waals surface area contributed by atoms with Gasteiger partial charge in [0.1, 0.15) is 11.5 Å². The molecular formula is C21H24N2O2. The summed E-state index contributed by atoms with van der Waals surface area (Å²) in [4.78, 5) is 5.78. The number of hydrogen-bond donors (Lipinski definition) is 1. The van der Waals surface area contributed by atoms with Crippen LogP contribution in [0.1, 0.15) is 23.5 Å². The molecular weight excluding hydrogens is 312 g/mol. The van der Waals surface area contributed by atoms with Gasteiger partial charge in [0.2, 0.25) is 0 Å². The van der Waals surface area contributed by atoms with Crippen LogP contribution in [-0.4, -0.2) is 37.2 Å². The molecule has 1 aliphatic rings. The molecule has 25 heavy (non-hydrogen) atoms. The molecule has 0 aliphatic carbocycles. The minimum Gasteiger partial charge on any atom is -0.497 e. The van der Waals surface area contributed by atoms with Gasteiger partial charge in [-0.25, -0.2) is 0 Å². The number of rotatable bonds is 5. The van der Waals surface area contributed by atoms with Crippen LogP contribution in [0.15, 0.2) is 48.7 Å². The number of likely N-dealkylation sites (tertiary alicyclic amines) is 1. The van der Waals surface area contributed by atoms with E-state index in [2.05, 4.69) is 40.2 Å². The lowest BCUT2D eigenvalue weighted by Gasteiger charge is -2.18. The van der Waals surface area contributed by atoms with E-state index in [0.29, 0.717) is 5.92 Å². The fourth-order valence-electron chi connectivity index (χ4n) is 3.85. The molecule has 1 unspecified atom stereocenters. The molecule has 0 radical (unpaired) electrons. The number of nitrogens with zero attached hydrogens (tertiary/aromatic N) is 1. The first kappa shape index (κ1) is 16.0. The molecule has 2 aromatic carbocycles. The predicted octanol–water partition coefficient (Wildman–Crippen LogP) is 4.17. The highest BCUT2D eigenvalue weighted by molar-refractivity contribution is 5.79. The van der Waals surface area contributed by atoms with Gasteiger partial charge in [0, 0.05) is 36.3 Å². The maximum Gasteiger partial charge on any atom is 0.122 e. The van der Waals surface area contributed by atoms with Gasteiger partial charge >= 0.3 is 0 Å². The summed E-state index contributed by atoms with van der Waals surface area (Å²) in [5, 5.41) is 1.28. The zero-order valence-corrected chi connectivity index (χ0v) is 14.8. The molecule has 0 amide bonds. The van der Waals surface area contributed by atoms with Crippen LogP contribution in [0.3, 0.4) is 0 Å². The zero-order chi connectivity index (χ0) is 17.2. The average Bonchev–Trinajstić information content (AvgIpc) is 3.30. The Kier molecular flexibility index (Phi) is 4.36. The Labute approximate surface area is 148 Å². The lowest BCUT2D eigenvalue weighted by molar-refractivity contribution is 0.325. The number of benzene rings is 2. The Morgan fingerprint density at radius 3 is 2.84 bits per heavy atom. The van der Waals surface area contributed by atoms with Crippen molar-refractivity contribution in [1.29, 1.82) is 0 Å². The number of hydrogen-bond acceptors (Lipinski definition) is 3. The zero-order valence-electron chi connectivity index (χ0n) is 14.8. The molecule has 1 aromatic heterocycles. The highest BCUT2D eigenvalue weighted by atomic mass is 16.5. The number of methoxy groups -OCH3 is 2. The SMILES string of the molecule is COc1ccc(OC)c(C2CCN(Cc3ccc4[nH]ccc4c3)C2)c1. The molecule has 4 rings (SSSR count). The predicted molar refractivity (Wildman–Crippen MR) is 100 cm³/mol. The summed E-state index contributed by atoms with van der Waals surface area (Å²) in [6.45, 7) is 3.15. The van der Waals surface area contributed by atoms with Crippen molar-refractivity contribution in [3.8, 4) is 11.5 Å². The number of aromatic nitrogens is 1. The molecule has 4 nitrogen and oxygen atoms in total. The number of fused-ring (bicyclic) bond motifs is 1. The molecule has 1 N–H and O–H groups in total. The maximum atomic E-state index is 5.57. The summed E-state index contributed by atoms with van der Waals surface area (Å²) in [6.07, 6.45) is 3.14. The molecule has 1 fully saturated rings. The van der Waals surface area contributed by atoms with E-state index in [1.807, 2.05) is 18.3 Å². The average molecular weight is 336 g/mol. The van der Waals surface area contributed by atoms with E-state index in [9.17, 15) is 0 Å². The Morgan fingerprint density at radius 2 is 2.00 bits per heavy atom. The Balaban J connectivity index is 1.49. The minimum atomic E-state index is 0.487. The second-order valence-corrected chi connectivity index (χ2v) is 6.73. The lowest BCUT2D eigenvalue weighted by Crippen LogP contribution is -2.19. The van der Waals surface area contributed by atoms with Crippen molar-refractivity contribution in [2.75, 3.05) is 27.3 Å². The van der Waals surface area contributed by atoms with Crippen LogP contribution in [0.2, 0.25) is 0 Å². The first-order valence-corrected chi connectivity index (χ1v) is 8.77. The third-order valence-corrected chi connectivity index (χ3v) is 5.17. The van der Waals surface area contributed by atoms with Gasteiger partial charge in [0.05, 0.1) is 14.2 Å². The largest absolute Gasteiger partial charge is 0.497 e. The van der Waals surface area contributed by atoms with Gasteiger partial charge in [-0.2, -0.15) is 0 Å². The standard InChI is InChI=1S/C21H24N2O2/c1-24-18-4-6-21(25-2)19(12-18)17-8-10-23(14-17)13-15-3-5-20-16(11-15)7-9-22-20/h3-7,9,11-12,17,22H,8,10,13-14H2,1-2H3. The number of ether oxygens (including phenoxy) is 2. The summed E-state index contributed by atoms with van der Waals surface area (Å²) in [7, 11) is 3.45. The first-order chi connectivity index (χ1) is 12.3. The Hall–Kier alpha value is -2.46. The van der Waals surface area contributed by atoms with Gasteiger partial charge in [-0.05, 0) is 60.3 Å². The smallest absolute Gasteiger partial charge is 0.122 e. The molecule has 3 aromatic rings. The second kappa shape index (κ2) is 6.81. The van der Waals surface area contributed by atoms with E-state index in [-0.39, 0.29) is 0 Å². The molecule has 0 saturated carbocycles. The van der Waals surface area contributed by atoms with Gasteiger partial charge < -0.3 is 14.5 Å². The van der Waals surface area contributed by atoms with Gasteiger partial charge in [0.15, 0.2) is 0 Å². The molecule has 2 heterocycles. The first-order valence-electron chi connectivity index (χ1n) is 8.77. The normalized spacial score (nSPS) is 17.9. The molecule has 4 heteroatoms. The molecule has 1 saturated heterocycles. The van der Waals surface area contributed by atoms with Gasteiger partial charge in [-0.1, -0.05) is 6.07 Å². The van der Waals surface area contributed by atoms with Crippen LogP contribution >= 0.6 is 0 Å². The molecule has 130 valence electrons. The van der Waals surface area contributed by atoms with Crippen molar-refractivity contribution in [2.24, 2.45) is 0 Å². The van der Waals surface area contributed by atoms with Gasteiger partial charge in [-0.3, -0.25) is 4.90 Å². The maximum absolute atomic E-state index is 5.57. The van der Waals surface area contributed by atoms with Crippen LogP contribution in [-0.2, 0) is 6.54 Å².